The van der Waals surface area contributed by atoms with Crippen LogP contribution >= 0.6 is 11.6 Å². The van der Waals surface area contributed by atoms with Gasteiger partial charge in [0.05, 0.1) is 10.6 Å². The maximum absolute atomic E-state index is 13.9. The lowest BCUT2D eigenvalue weighted by Crippen LogP contribution is -2.03. The normalized spacial score (nSPS) is 10.5. The Balaban J connectivity index is 2.77. The molecule has 0 saturated carbocycles. The number of carboxylic acids is 1. The number of carboxylic acid groups (broad SMARTS) is 1. The van der Waals surface area contributed by atoms with E-state index in [0.29, 0.717) is 0 Å². The molecule has 0 aliphatic rings. The molecule has 2 aromatic rings. The minimum absolute atomic E-state index is 0.0352. The SMILES string of the molecule is Cc1cc(-c2cccc(Cl)c2F)c(C(=O)O)cc1F. The molecule has 0 atom stereocenters. The van der Waals surface area contributed by atoms with E-state index in [0.717, 1.165) is 6.07 Å². The second kappa shape index (κ2) is 4.97. The second-order valence-electron chi connectivity index (χ2n) is 4.05. The van der Waals surface area contributed by atoms with Gasteiger partial charge in [0.2, 0.25) is 0 Å². The van der Waals surface area contributed by atoms with Crippen molar-refractivity contribution >= 4 is 17.6 Å². The smallest absolute Gasteiger partial charge is 0.336 e. The van der Waals surface area contributed by atoms with Crippen molar-refractivity contribution in [3.63, 3.8) is 0 Å². The number of aryl methyl sites for hydroxylation is 1. The molecule has 0 aromatic heterocycles. The maximum atomic E-state index is 13.9. The zero-order chi connectivity index (χ0) is 14.2. The summed E-state index contributed by atoms with van der Waals surface area (Å²) in [6, 6.07) is 6.45. The third-order valence-corrected chi connectivity index (χ3v) is 3.06. The first-order valence-electron chi connectivity index (χ1n) is 5.39. The van der Waals surface area contributed by atoms with Gasteiger partial charge in [-0.15, -0.1) is 0 Å². The Morgan fingerprint density at radius 1 is 1.21 bits per heavy atom. The molecule has 0 spiro atoms. The molecular weight excluding hydrogens is 274 g/mol. The average molecular weight is 283 g/mol. The quantitative estimate of drug-likeness (QED) is 0.892. The fourth-order valence-electron chi connectivity index (χ4n) is 1.79. The highest BCUT2D eigenvalue weighted by atomic mass is 35.5. The van der Waals surface area contributed by atoms with Crippen LogP contribution < -0.4 is 0 Å². The van der Waals surface area contributed by atoms with Gasteiger partial charge in [-0.1, -0.05) is 23.7 Å². The molecule has 19 heavy (non-hydrogen) atoms. The summed E-state index contributed by atoms with van der Waals surface area (Å²) >= 11 is 5.67. The van der Waals surface area contributed by atoms with Gasteiger partial charge in [0.25, 0.3) is 0 Å². The molecule has 98 valence electrons. The van der Waals surface area contributed by atoms with Crippen molar-refractivity contribution in [1.29, 1.82) is 0 Å². The van der Waals surface area contributed by atoms with Crippen molar-refractivity contribution in [1.82, 2.24) is 0 Å². The number of aromatic carboxylic acids is 1. The highest BCUT2D eigenvalue weighted by Crippen LogP contribution is 2.31. The lowest BCUT2D eigenvalue weighted by Gasteiger charge is -2.10. The molecule has 5 heteroatoms. The van der Waals surface area contributed by atoms with Crippen LogP contribution in [0.2, 0.25) is 5.02 Å². The van der Waals surface area contributed by atoms with Crippen LogP contribution in [0.3, 0.4) is 0 Å². The molecule has 2 rings (SSSR count). The Hall–Kier alpha value is -1.94. The van der Waals surface area contributed by atoms with Gasteiger partial charge in [-0.3, -0.25) is 0 Å². The van der Waals surface area contributed by atoms with Gasteiger partial charge >= 0.3 is 5.97 Å². The molecule has 2 nitrogen and oxygen atoms in total. The zero-order valence-electron chi connectivity index (χ0n) is 9.88. The summed E-state index contributed by atoms with van der Waals surface area (Å²) in [6.45, 7) is 1.48. The van der Waals surface area contributed by atoms with E-state index in [4.69, 9.17) is 16.7 Å². The Kier molecular flexibility index (Phi) is 3.53. The van der Waals surface area contributed by atoms with Gasteiger partial charge in [-0.2, -0.15) is 0 Å². The molecule has 1 N–H and O–H groups in total. The Bertz CT molecular complexity index is 669. The number of benzene rings is 2. The largest absolute Gasteiger partial charge is 0.478 e. The van der Waals surface area contributed by atoms with Crippen molar-refractivity contribution in [2.75, 3.05) is 0 Å². The van der Waals surface area contributed by atoms with Crippen molar-refractivity contribution in [3.8, 4) is 11.1 Å². The molecule has 0 heterocycles. The van der Waals surface area contributed by atoms with Crippen LogP contribution in [0.4, 0.5) is 8.78 Å². The minimum Gasteiger partial charge on any atom is -0.478 e. The molecule has 0 radical (unpaired) electrons. The molecule has 0 bridgehead atoms. The summed E-state index contributed by atoms with van der Waals surface area (Å²) in [5, 5.41) is 8.97. The Morgan fingerprint density at radius 3 is 2.53 bits per heavy atom. The van der Waals surface area contributed by atoms with E-state index in [9.17, 15) is 13.6 Å². The summed E-state index contributed by atoms with van der Waals surface area (Å²) in [6.07, 6.45) is 0. The number of hydrogen-bond donors (Lipinski definition) is 1. The highest BCUT2D eigenvalue weighted by molar-refractivity contribution is 6.31. The Labute approximate surface area is 113 Å². The molecule has 0 amide bonds. The number of carbonyl (C=O) groups is 1. The average Bonchev–Trinajstić information content (AvgIpc) is 2.35. The van der Waals surface area contributed by atoms with Gasteiger partial charge in [0.15, 0.2) is 0 Å². The standard InChI is InChI=1S/C14H9ClF2O2/c1-7-5-9(10(14(18)19)6-12(7)16)8-3-2-4-11(15)13(8)17/h2-6H,1H3,(H,18,19). The van der Waals surface area contributed by atoms with Crippen molar-refractivity contribution in [2.24, 2.45) is 0 Å². The van der Waals surface area contributed by atoms with Gasteiger partial charge in [0, 0.05) is 5.56 Å². The first-order valence-corrected chi connectivity index (χ1v) is 5.77. The van der Waals surface area contributed by atoms with Gasteiger partial charge in [0.1, 0.15) is 11.6 Å². The summed E-state index contributed by atoms with van der Waals surface area (Å²) in [7, 11) is 0. The zero-order valence-corrected chi connectivity index (χ0v) is 10.6. The summed E-state index contributed by atoms with van der Waals surface area (Å²) in [5.41, 5.74) is 0.0723. The van der Waals surface area contributed by atoms with E-state index in [1.54, 1.807) is 0 Å². The van der Waals surface area contributed by atoms with Crippen molar-refractivity contribution in [3.05, 3.63) is 58.1 Å². The van der Waals surface area contributed by atoms with E-state index in [-0.39, 0.29) is 27.3 Å². The van der Waals surface area contributed by atoms with Gasteiger partial charge in [-0.25, -0.2) is 13.6 Å². The van der Waals surface area contributed by atoms with E-state index in [1.165, 1.54) is 31.2 Å². The fraction of sp³-hybridized carbons (Fsp3) is 0.0714. The first kappa shape index (κ1) is 13.5. The lowest BCUT2D eigenvalue weighted by atomic mass is 9.97. The molecule has 0 unspecified atom stereocenters. The highest BCUT2D eigenvalue weighted by Gasteiger charge is 2.18. The number of rotatable bonds is 2. The van der Waals surface area contributed by atoms with Crippen molar-refractivity contribution in [2.45, 2.75) is 6.92 Å². The van der Waals surface area contributed by atoms with Crippen LogP contribution in [0.1, 0.15) is 15.9 Å². The molecule has 0 aliphatic heterocycles. The molecule has 2 aromatic carbocycles. The van der Waals surface area contributed by atoms with Gasteiger partial charge < -0.3 is 5.11 Å². The number of halogens is 3. The number of hydrogen-bond acceptors (Lipinski definition) is 1. The molecule has 0 fully saturated rings. The third-order valence-electron chi connectivity index (χ3n) is 2.77. The van der Waals surface area contributed by atoms with Crippen LogP contribution in [-0.2, 0) is 0 Å². The minimum atomic E-state index is -1.33. The molecule has 0 saturated heterocycles. The van der Waals surface area contributed by atoms with Crippen LogP contribution in [-0.4, -0.2) is 11.1 Å². The molecule has 0 aliphatic carbocycles. The van der Waals surface area contributed by atoms with E-state index in [2.05, 4.69) is 0 Å². The van der Waals surface area contributed by atoms with Crippen LogP contribution in [0, 0.1) is 18.6 Å². The third kappa shape index (κ3) is 2.44. The first-order chi connectivity index (χ1) is 8.91. The van der Waals surface area contributed by atoms with Crippen LogP contribution in [0.5, 0.6) is 0 Å². The summed E-state index contributed by atoms with van der Waals surface area (Å²) in [4.78, 5) is 11.1. The molecular formula is C14H9ClF2O2. The second-order valence-corrected chi connectivity index (χ2v) is 4.46. The fourth-order valence-corrected chi connectivity index (χ4v) is 1.97. The summed E-state index contributed by atoms with van der Waals surface area (Å²) in [5.74, 6) is -2.70. The van der Waals surface area contributed by atoms with Crippen LogP contribution in [0.15, 0.2) is 30.3 Å². The lowest BCUT2D eigenvalue weighted by molar-refractivity contribution is 0.0697. The van der Waals surface area contributed by atoms with Gasteiger partial charge in [-0.05, 0) is 36.2 Å². The van der Waals surface area contributed by atoms with E-state index < -0.39 is 17.6 Å². The maximum Gasteiger partial charge on any atom is 0.336 e. The Morgan fingerprint density at radius 2 is 1.89 bits per heavy atom. The van der Waals surface area contributed by atoms with Crippen molar-refractivity contribution < 1.29 is 18.7 Å². The summed E-state index contributed by atoms with van der Waals surface area (Å²) < 4.78 is 27.4. The predicted octanol–water partition coefficient (Wildman–Crippen LogP) is 4.29. The van der Waals surface area contributed by atoms with Crippen LogP contribution in [0.25, 0.3) is 11.1 Å². The topological polar surface area (TPSA) is 37.3 Å². The monoisotopic (exact) mass is 282 g/mol. The van der Waals surface area contributed by atoms with E-state index in [1.807, 2.05) is 0 Å². The van der Waals surface area contributed by atoms with E-state index >= 15 is 0 Å². The predicted molar refractivity (Wildman–Crippen MR) is 68.5 cm³/mol.